The molecule has 0 bridgehead atoms. The summed E-state index contributed by atoms with van der Waals surface area (Å²) >= 11 is 0. The van der Waals surface area contributed by atoms with E-state index in [0.29, 0.717) is 23.3 Å². The Hall–Kier alpha value is -7.02. The molecule has 0 saturated heterocycles. The summed E-state index contributed by atoms with van der Waals surface area (Å²) in [4.78, 5) is 45.8. The molecule has 0 unspecified atom stereocenters. The molecule has 0 aliphatic carbocycles. The summed E-state index contributed by atoms with van der Waals surface area (Å²) in [6, 6.07) is 18.6. The Bertz CT molecular complexity index is 3330. The average Bonchev–Trinajstić information content (AvgIpc) is 0.749. The number of carboxylic acid groups (broad SMARTS) is 4. The van der Waals surface area contributed by atoms with E-state index >= 15 is 0 Å². The maximum Gasteiger partial charge on any atom is 0.335 e. The SMILES string of the molecule is CC(C)(C)c1cc(C(=O)O)cc(C(C)(C)C)c1O.CC(C)(C)c1cc(C(C)(C)C(=O)O)cc(C(C)(C)C)c1O.CC(C)(C)c1cc(C(C)(CC(=O)O)c2cc(C(C)(C)C)c(O)c(C(C)(C)C)c2)cc(C(C)(C)C)c1O.CC(C)(C)c1cc(CCC(=O)O)cc(C(C)(C)C)c1O. The fraction of sp³-hybridized carbons (Fsp3) is 0.585. The molecule has 5 aromatic rings. The quantitative estimate of drug-likeness (QED) is 0.0632. The molecule has 0 atom stereocenters. The first-order valence-electron chi connectivity index (χ1n) is 33.3. The van der Waals surface area contributed by atoms with E-state index in [1.807, 2.05) is 139 Å². The maximum absolute atomic E-state index is 12.3. The van der Waals surface area contributed by atoms with Crippen LogP contribution >= 0.6 is 0 Å². The molecule has 0 saturated carbocycles. The number of aromatic carboxylic acids is 1. The standard InChI is InChI=1S/C32H48O4.C18H28O3.C17H26O3.C15H22O3/c1-28(2,3)21-14-19(15-22(26(21)35)29(4,5)6)32(13,18-25(33)34)20-16-23(30(7,8)9)27(36)24(17-20)31(10,11)12;1-16(2,3)12-9-11(18(7,8)15(20)21)10-13(14(12)19)17(4,5)6;1-16(2,3)12-9-11(7-8-14(18)19)10-13(15(12)20)17(4,5)6;1-14(2,3)10-7-9(13(17)18)8-11(12(10)16)15(4,5)6/h14-17,35-36H,18H2,1-13H3,(H,33,34);9-10,19H,1-8H3,(H,20,21);9-10,20H,7-8H2,1-6H3,(H,18,19);7-8,16H,1-6H3,(H,17,18). The Kier molecular flexibility index (Phi) is 25.3. The predicted octanol–water partition coefficient (Wildman–Crippen LogP) is 20.1. The molecule has 0 fully saturated rings. The van der Waals surface area contributed by atoms with Crippen molar-refractivity contribution in [3.05, 3.63) is 144 Å². The van der Waals surface area contributed by atoms with Gasteiger partial charge in [0.25, 0.3) is 0 Å². The van der Waals surface area contributed by atoms with Gasteiger partial charge in [-0.05, 0) is 153 Å². The van der Waals surface area contributed by atoms with Gasteiger partial charge in [0.2, 0.25) is 0 Å². The second kappa shape index (κ2) is 28.6. The third-order valence-electron chi connectivity index (χ3n) is 17.6. The highest BCUT2D eigenvalue weighted by Gasteiger charge is 2.40. The van der Waals surface area contributed by atoms with Gasteiger partial charge in [-0.25, -0.2) is 4.79 Å². The van der Waals surface area contributed by atoms with Gasteiger partial charge >= 0.3 is 23.9 Å². The summed E-state index contributed by atoms with van der Waals surface area (Å²) in [6.07, 6.45) is 0.475. The van der Waals surface area contributed by atoms with E-state index in [1.165, 1.54) is 0 Å². The summed E-state index contributed by atoms with van der Waals surface area (Å²) in [5.41, 5.74) is 6.80. The van der Waals surface area contributed by atoms with Crippen LogP contribution in [0.3, 0.4) is 0 Å². The highest BCUT2D eigenvalue weighted by molar-refractivity contribution is 5.89. The number of hydrogen-bond acceptors (Lipinski definition) is 9. The smallest absolute Gasteiger partial charge is 0.335 e. The third kappa shape index (κ3) is 21.5. The van der Waals surface area contributed by atoms with Crippen LogP contribution in [-0.2, 0) is 85.8 Å². The van der Waals surface area contributed by atoms with Gasteiger partial charge in [0.15, 0.2) is 0 Å². The highest BCUT2D eigenvalue weighted by atomic mass is 16.4. The highest BCUT2D eigenvalue weighted by Crippen LogP contribution is 2.50. The molecule has 13 nitrogen and oxygen atoms in total. The van der Waals surface area contributed by atoms with Crippen molar-refractivity contribution in [2.75, 3.05) is 0 Å². The monoisotopic (exact) mass is 1320 g/mol. The zero-order valence-electron chi connectivity index (χ0n) is 64.6. The number of rotatable bonds is 10. The number of carboxylic acids is 4. The van der Waals surface area contributed by atoms with Crippen LogP contribution in [0.1, 0.15) is 330 Å². The van der Waals surface area contributed by atoms with Crippen molar-refractivity contribution in [2.45, 2.75) is 313 Å². The van der Waals surface area contributed by atoms with Crippen molar-refractivity contribution in [1.82, 2.24) is 0 Å². The van der Waals surface area contributed by atoms with Gasteiger partial charge in [0.1, 0.15) is 28.7 Å². The van der Waals surface area contributed by atoms with Crippen LogP contribution in [0.4, 0.5) is 0 Å². The molecule has 5 rings (SSSR count). The van der Waals surface area contributed by atoms with Crippen LogP contribution < -0.4 is 0 Å². The van der Waals surface area contributed by atoms with E-state index in [1.54, 1.807) is 26.0 Å². The molecule has 0 aliphatic heterocycles. The van der Waals surface area contributed by atoms with E-state index in [4.69, 9.17) is 5.11 Å². The van der Waals surface area contributed by atoms with Crippen molar-refractivity contribution >= 4 is 23.9 Å². The number of aryl methyl sites for hydroxylation is 1. The molecule has 13 heteroatoms. The molecule has 5 aromatic carbocycles. The van der Waals surface area contributed by atoms with Gasteiger partial charge in [-0.1, -0.05) is 263 Å². The minimum absolute atomic E-state index is 0.109. The maximum atomic E-state index is 12.3. The molecule has 0 aromatic heterocycles. The van der Waals surface area contributed by atoms with Gasteiger partial charge in [-0.2, -0.15) is 0 Å². The van der Waals surface area contributed by atoms with Crippen molar-refractivity contribution in [3.8, 4) is 28.7 Å². The first kappa shape index (κ1) is 84.1. The van der Waals surface area contributed by atoms with Crippen LogP contribution in [0, 0.1) is 0 Å². The zero-order valence-corrected chi connectivity index (χ0v) is 64.6. The second-order valence-electron chi connectivity index (χ2n) is 37.3. The molecule has 0 aliphatic rings. The lowest BCUT2D eigenvalue weighted by molar-refractivity contribution is -0.142. The number of carbonyl (C=O) groups is 4. The fourth-order valence-corrected chi connectivity index (χ4v) is 11.3. The number of phenolic OH excluding ortho intramolecular Hbond substituents is 5. The first-order valence-corrected chi connectivity index (χ1v) is 33.3. The molecular formula is C82H124O13. The lowest BCUT2D eigenvalue weighted by atomic mass is 9.67. The van der Waals surface area contributed by atoms with Gasteiger partial charge in [0.05, 0.1) is 17.4 Å². The van der Waals surface area contributed by atoms with Crippen LogP contribution in [0.25, 0.3) is 0 Å². The van der Waals surface area contributed by atoms with Crippen LogP contribution in [0.2, 0.25) is 0 Å². The largest absolute Gasteiger partial charge is 0.507 e. The zero-order chi connectivity index (χ0) is 75.0. The summed E-state index contributed by atoms with van der Waals surface area (Å²) < 4.78 is 0. The number of phenols is 5. The average molecular weight is 1320 g/mol. The topological polar surface area (TPSA) is 250 Å². The van der Waals surface area contributed by atoms with Gasteiger partial charge in [-0.15, -0.1) is 0 Å². The molecule has 0 amide bonds. The van der Waals surface area contributed by atoms with Gasteiger partial charge in [-0.3, -0.25) is 14.4 Å². The van der Waals surface area contributed by atoms with E-state index in [9.17, 15) is 60.0 Å². The summed E-state index contributed by atoms with van der Waals surface area (Å²) in [5, 5.41) is 91.7. The van der Waals surface area contributed by atoms with Crippen molar-refractivity contribution < 1.29 is 65.1 Å². The van der Waals surface area contributed by atoms with Gasteiger partial charge in [0, 0.05) is 23.0 Å². The Balaban J connectivity index is 0.000000452. The number of aliphatic carboxylic acids is 3. The molecule has 95 heavy (non-hydrogen) atoms. The summed E-state index contributed by atoms with van der Waals surface area (Å²) in [6.45, 7) is 66.2. The van der Waals surface area contributed by atoms with E-state index in [-0.39, 0.29) is 95.6 Å². The Labute approximate surface area is 571 Å². The van der Waals surface area contributed by atoms with Crippen molar-refractivity contribution in [2.24, 2.45) is 0 Å². The number of benzene rings is 5. The third-order valence-corrected chi connectivity index (χ3v) is 17.6. The lowest BCUT2D eigenvalue weighted by Crippen LogP contribution is -2.31. The molecule has 530 valence electrons. The molecule has 0 spiro atoms. The van der Waals surface area contributed by atoms with E-state index in [2.05, 4.69) is 125 Å². The minimum Gasteiger partial charge on any atom is -0.507 e. The lowest BCUT2D eigenvalue weighted by Gasteiger charge is -2.37. The predicted molar refractivity (Wildman–Crippen MR) is 390 cm³/mol. The van der Waals surface area contributed by atoms with Crippen LogP contribution in [0.5, 0.6) is 28.7 Å². The summed E-state index contributed by atoms with van der Waals surface area (Å²) in [5.74, 6) is -2.17. The number of hydrogen-bond donors (Lipinski definition) is 9. The van der Waals surface area contributed by atoms with Gasteiger partial charge < -0.3 is 46.0 Å². The molecular weight excluding hydrogens is 1190 g/mol. The Morgan fingerprint density at radius 1 is 0.284 bits per heavy atom. The second-order valence-corrected chi connectivity index (χ2v) is 37.3. The van der Waals surface area contributed by atoms with Crippen LogP contribution in [0.15, 0.2) is 60.7 Å². The molecule has 9 N–H and O–H groups in total. The van der Waals surface area contributed by atoms with E-state index in [0.717, 1.165) is 66.8 Å². The minimum atomic E-state index is -0.992. The van der Waals surface area contributed by atoms with Crippen molar-refractivity contribution in [1.29, 1.82) is 0 Å². The fourth-order valence-electron chi connectivity index (χ4n) is 11.3. The van der Waals surface area contributed by atoms with Crippen molar-refractivity contribution in [3.63, 3.8) is 0 Å². The Morgan fingerprint density at radius 3 is 0.663 bits per heavy atom. The summed E-state index contributed by atoms with van der Waals surface area (Å²) in [7, 11) is 0. The Morgan fingerprint density at radius 2 is 0.484 bits per heavy atom. The normalized spacial score (nSPS) is 13.1. The van der Waals surface area contributed by atoms with Crippen LogP contribution in [-0.4, -0.2) is 69.8 Å². The molecule has 0 heterocycles. The first-order chi connectivity index (χ1) is 42.0. The molecule has 0 radical (unpaired) electrons. The van der Waals surface area contributed by atoms with E-state index < -0.39 is 34.7 Å². The number of aromatic hydroxyl groups is 5.